The molecule has 1 aliphatic carbocycles. The minimum Gasteiger partial charge on any atom is -0.487 e. The van der Waals surface area contributed by atoms with Crippen molar-refractivity contribution in [3.05, 3.63) is 89.4 Å². The van der Waals surface area contributed by atoms with E-state index in [0.717, 1.165) is 46.0 Å². The predicted octanol–water partition coefficient (Wildman–Crippen LogP) is 4.49. The summed E-state index contributed by atoms with van der Waals surface area (Å²) < 4.78 is 6.12. The summed E-state index contributed by atoms with van der Waals surface area (Å²) in [6.07, 6.45) is 5.75. The number of hydrogen-bond donors (Lipinski definition) is 1. The summed E-state index contributed by atoms with van der Waals surface area (Å²) in [6.45, 7) is 0.102. The first-order chi connectivity index (χ1) is 15.6. The number of aryl methyl sites for hydroxylation is 1. The highest BCUT2D eigenvalue weighted by molar-refractivity contribution is 5.99. The monoisotopic (exact) mass is 423 g/mol. The van der Waals surface area contributed by atoms with Crippen LogP contribution in [0.5, 0.6) is 5.75 Å². The standard InChI is InChI=1S/C26H21N3O3/c27-26(31)21-6-3-11-29-23(21)15-32-25-14-18(13-22-20(25)5-2-10-28-22)16-8-9-19-17(12-16)4-1-7-24(19)30/h2-3,5-6,8-14H,1,4,7,15H2,(H2,27,31). The fourth-order valence-corrected chi connectivity index (χ4v) is 4.18. The molecular weight excluding hydrogens is 402 g/mol. The number of pyridine rings is 2. The van der Waals surface area contributed by atoms with Crippen LogP contribution in [0.25, 0.3) is 22.0 Å². The highest BCUT2D eigenvalue weighted by Crippen LogP contribution is 2.34. The number of rotatable bonds is 5. The van der Waals surface area contributed by atoms with E-state index >= 15 is 0 Å². The number of ketones is 1. The Morgan fingerprint density at radius 1 is 0.969 bits per heavy atom. The Bertz CT molecular complexity index is 1360. The van der Waals surface area contributed by atoms with Crippen molar-refractivity contribution in [3.63, 3.8) is 0 Å². The molecule has 32 heavy (non-hydrogen) atoms. The molecule has 0 atom stereocenters. The number of hydrogen-bond acceptors (Lipinski definition) is 5. The first-order valence-corrected chi connectivity index (χ1v) is 10.5. The Hall–Kier alpha value is -4.06. The van der Waals surface area contributed by atoms with Crippen LogP contribution in [0.4, 0.5) is 0 Å². The third-order valence-corrected chi connectivity index (χ3v) is 5.79. The molecule has 1 amide bonds. The van der Waals surface area contributed by atoms with Crippen LogP contribution in [0.3, 0.4) is 0 Å². The van der Waals surface area contributed by atoms with Gasteiger partial charge in [-0.05, 0) is 65.9 Å². The predicted molar refractivity (Wildman–Crippen MR) is 122 cm³/mol. The molecule has 0 aliphatic heterocycles. The van der Waals surface area contributed by atoms with Crippen molar-refractivity contribution in [2.75, 3.05) is 0 Å². The van der Waals surface area contributed by atoms with Gasteiger partial charge in [0.15, 0.2) is 5.78 Å². The van der Waals surface area contributed by atoms with E-state index in [4.69, 9.17) is 10.5 Å². The van der Waals surface area contributed by atoms with Crippen molar-refractivity contribution in [1.82, 2.24) is 9.97 Å². The summed E-state index contributed by atoms with van der Waals surface area (Å²) >= 11 is 0. The molecule has 0 radical (unpaired) electrons. The van der Waals surface area contributed by atoms with Crippen molar-refractivity contribution in [1.29, 1.82) is 0 Å². The van der Waals surface area contributed by atoms with Crippen LogP contribution in [-0.4, -0.2) is 21.7 Å². The second-order valence-corrected chi connectivity index (χ2v) is 7.84. The zero-order valence-electron chi connectivity index (χ0n) is 17.4. The van der Waals surface area contributed by atoms with Gasteiger partial charge in [0.1, 0.15) is 12.4 Å². The third kappa shape index (κ3) is 3.71. The number of carbonyl (C=O) groups is 2. The first-order valence-electron chi connectivity index (χ1n) is 10.5. The Balaban J connectivity index is 1.54. The van der Waals surface area contributed by atoms with Crippen LogP contribution in [0.2, 0.25) is 0 Å². The van der Waals surface area contributed by atoms with Crippen molar-refractivity contribution in [2.45, 2.75) is 25.9 Å². The molecule has 158 valence electrons. The van der Waals surface area contributed by atoms with Crippen LogP contribution in [0, 0.1) is 0 Å². The lowest BCUT2D eigenvalue weighted by Crippen LogP contribution is -2.15. The van der Waals surface area contributed by atoms with Gasteiger partial charge in [0, 0.05) is 29.8 Å². The fraction of sp³-hybridized carbons (Fsp3) is 0.154. The molecule has 2 heterocycles. The summed E-state index contributed by atoms with van der Waals surface area (Å²) in [7, 11) is 0. The van der Waals surface area contributed by atoms with Crippen molar-refractivity contribution in [3.8, 4) is 16.9 Å². The van der Waals surface area contributed by atoms with Crippen LogP contribution < -0.4 is 10.5 Å². The Kier molecular flexibility index (Phi) is 5.11. The molecule has 1 aliphatic rings. The fourth-order valence-electron chi connectivity index (χ4n) is 4.18. The summed E-state index contributed by atoms with van der Waals surface area (Å²) in [6, 6.07) is 17.1. The largest absolute Gasteiger partial charge is 0.487 e. The first kappa shape index (κ1) is 19.9. The topological polar surface area (TPSA) is 95.2 Å². The summed E-state index contributed by atoms with van der Waals surface area (Å²) in [5, 5.41) is 0.862. The number of amides is 1. The lowest BCUT2D eigenvalue weighted by atomic mass is 9.88. The molecule has 0 unspecified atom stereocenters. The lowest BCUT2D eigenvalue weighted by Gasteiger charge is -2.17. The van der Waals surface area contributed by atoms with Gasteiger partial charge in [-0.15, -0.1) is 0 Å². The van der Waals surface area contributed by atoms with E-state index in [0.29, 0.717) is 23.4 Å². The molecule has 4 aromatic rings. The highest BCUT2D eigenvalue weighted by Gasteiger charge is 2.18. The molecule has 6 nitrogen and oxygen atoms in total. The smallest absolute Gasteiger partial charge is 0.250 e. The number of carbonyl (C=O) groups excluding carboxylic acids is 2. The van der Waals surface area contributed by atoms with E-state index in [-0.39, 0.29) is 12.4 Å². The number of ether oxygens (including phenoxy) is 1. The second-order valence-electron chi connectivity index (χ2n) is 7.84. The zero-order chi connectivity index (χ0) is 22.1. The molecule has 2 aromatic carbocycles. The molecule has 0 spiro atoms. The quantitative estimate of drug-likeness (QED) is 0.510. The van der Waals surface area contributed by atoms with Crippen molar-refractivity contribution < 1.29 is 14.3 Å². The molecule has 5 rings (SSSR count). The summed E-state index contributed by atoms with van der Waals surface area (Å²) in [4.78, 5) is 32.7. The van der Waals surface area contributed by atoms with E-state index in [1.54, 1.807) is 24.5 Å². The van der Waals surface area contributed by atoms with Gasteiger partial charge in [0.25, 0.3) is 5.91 Å². The highest BCUT2D eigenvalue weighted by atomic mass is 16.5. The number of aromatic nitrogens is 2. The van der Waals surface area contributed by atoms with Gasteiger partial charge in [-0.25, -0.2) is 0 Å². The Labute approximate surface area is 185 Å². The maximum Gasteiger partial charge on any atom is 0.250 e. The van der Waals surface area contributed by atoms with E-state index in [2.05, 4.69) is 16.0 Å². The van der Waals surface area contributed by atoms with Gasteiger partial charge in [-0.1, -0.05) is 18.2 Å². The normalized spacial score (nSPS) is 13.1. The van der Waals surface area contributed by atoms with E-state index in [1.165, 1.54) is 0 Å². The van der Waals surface area contributed by atoms with Gasteiger partial charge in [-0.2, -0.15) is 0 Å². The summed E-state index contributed by atoms with van der Waals surface area (Å²) in [5.41, 5.74) is 10.9. The zero-order valence-corrected chi connectivity index (χ0v) is 17.4. The molecular formula is C26H21N3O3. The van der Waals surface area contributed by atoms with Gasteiger partial charge in [0.05, 0.1) is 16.8 Å². The average Bonchev–Trinajstić information content (AvgIpc) is 2.82. The minimum atomic E-state index is -0.541. The number of nitrogens with two attached hydrogens (primary N) is 1. The maximum atomic E-state index is 12.2. The van der Waals surface area contributed by atoms with Crippen LogP contribution >= 0.6 is 0 Å². The molecule has 2 N–H and O–H groups in total. The Morgan fingerprint density at radius 2 is 1.81 bits per heavy atom. The number of nitrogens with zero attached hydrogens (tertiary/aromatic N) is 2. The molecule has 0 bridgehead atoms. The van der Waals surface area contributed by atoms with Crippen molar-refractivity contribution in [2.24, 2.45) is 5.73 Å². The van der Waals surface area contributed by atoms with Gasteiger partial charge >= 0.3 is 0 Å². The van der Waals surface area contributed by atoms with Crippen LogP contribution in [0.1, 0.15) is 44.8 Å². The molecule has 6 heteroatoms. The van der Waals surface area contributed by atoms with Gasteiger partial charge < -0.3 is 10.5 Å². The molecule has 0 saturated carbocycles. The minimum absolute atomic E-state index is 0.102. The third-order valence-electron chi connectivity index (χ3n) is 5.79. The van der Waals surface area contributed by atoms with E-state index in [9.17, 15) is 9.59 Å². The second kappa shape index (κ2) is 8.23. The maximum absolute atomic E-state index is 12.2. The molecule has 0 saturated heterocycles. The lowest BCUT2D eigenvalue weighted by molar-refractivity contribution is 0.0970. The SMILES string of the molecule is NC(=O)c1cccnc1COc1cc(-c2ccc3c(c2)CCCC3=O)cc2ncccc12. The van der Waals surface area contributed by atoms with Crippen LogP contribution in [-0.2, 0) is 13.0 Å². The molecule has 0 fully saturated rings. The van der Waals surface area contributed by atoms with Gasteiger partial charge in [0.2, 0.25) is 0 Å². The van der Waals surface area contributed by atoms with Gasteiger partial charge in [-0.3, -0.25) is 19.6 Å². The van der Waals surface area contributed by atoms with Crippen LogP contribution in [0.15, 0.2) is 67.0 Å². The Morgan fingerprint density at radius 3 is 2.69 bits per heavy atom. The van der Waals surface area contributed by atoms with E-state index in [1.807, 2.05) is 36.4 Å². The average molecular weight is 423 g/mol. The number of benzene rings is 2. The molecule has 2 aromatic heterocycles. The number of Topliss-reactive ketones (excluding diaryl/α,β-unsaturated/α-hetero) is 1. The number of fused-ring (bicyclic) bond motifs is 2. The summed E-state index contributed by atoms with van der Waals surface area (Å²) in [5.74, 6) is 0.309. The number of primary amides is 1. The van der Waals surface area contributed by atoms with E-state index < -0.39 is 5.91 Å². The van der Waals surface area contributed by atoms with Crippen molar-refractivity contribution >= 4 is 22.6 Å².